The molecule has 0 saturated heterocycles. The van der Waals surface area contributed by atoms with Crippen LogP contribution >= 0.6 is 0 Å². The van der Waals surface area contributed by atoms with Gasteiger partial charge in [-0.25, -0.2) is 0 Å². The summed E-state index contributed by atoms with van der Waals surface area (Å²) in [6, 6.07) is 0. The van der Waals surface area contributed by atoms with Crippen molar-refractivity contribution in [3.05, 3.63) is 0 Å². The quantitative estimate of drug-likeness (QED) is 0.508. The van der Waals surface area contributed by atoms with Gasteiger partial charge in [0.15, 0.2) is 0 Å². The first-order chi connectivity index (χ1) is 6.34. The SMILES string of the molecule is CC(C)OC(OC(=O)C(C)C)C(C)C. The van der Waals surface area contributed by atoms with Crippen LogP contribution in [0.4, 0.5) is 0 Å². The Morgan fingerprint density at radius 2 is 1.50 bits per heavy atom. The molecule has 0 aliphatic rings. The third-order valence-corrected chi connectivity index (χ3v) is 1.65. The molecule has 0 radical (unpaired) electrons. The van der Waals surface area contributed by atoms with Crippen LogP contribution in [0.5, 0.6) is 0 Å². The Balaban J connectivity index is 4.16. The first-order valence-electron chi connectivity index (χ1n) is 5.20. The maximum absolute atomic E-state index is 11.3. The van der Waals surface area contributed by atoms with E-state index in [-0.39, 0.29) is 23.9 Å². The summed E-state index contributed by atoms with van der Waals surface area (Å²) >= 11 is 0. The molecule has 0 heterocycles. The average molecular weight is 202 g/mol. The van der Waals surface area contributed by atoms with Crippen LogP contribution in [0.2, 0.25) is 0 Å². The van der Waals surface area contributed by atoms with E-state index >= 15 is 0 Å². The lowest BCUT2D eigenvalue weighted by molar-refractivity contribution is -0.200. The highest BCUT2D eigenvalue weighted by Crippen LogP contribution is 2.13. The van der Waals surface area contributed by atoms with Gasteiger partial charge in [-0.15, -0.1) is 0 Å². The molecule has 0 fully saturated rings. The third-order valence-electron chi connectivity index (χ3n) is 1.65. The van der Waals surface area contributed by atoms with Crippen molar-refractivity contribution < 1.29 is 14.3 Å². The zero-order valence-electron chi connectivity index (χ0n) is 10.0. The monoisotopic (exact) mass is 202 g/mol. The molecule has 14 heavy (non-hydrogen) atoms. The van der Waals surface area contributed by atoms with Crippen molar-refractivity contribution in [2.24, 2.45) is 11.8 Å². The highest BCUT2D eigenvalue weighted by Gasteiger charge is 2.21. The summed E-state index contributed by atoms with van der Waals surface area (Å²) < 4.78 is 10.7. The van der Waals surface area contributed by atoms with Crippen LogP contribution in [0.1, 0.15) is 41.5 Å². The normalized spacial score (nSPS) is 13.8. The number of hydrogen-bond acceptors (Lipinski definition) is 3. The van der Waals surface area contributed by atoms with Gasteiger partial charge in [0.25, 0.3) is 0 Å². The summed E-state index contributed by atoms with van der Waals surface area (Å²) in [5.41, 5.74) is 0. The lowest BCUT2D eigenvalue weighted by Gasteiger charge is -2.24. The second kappa shape index (κ2) is 6.02. The predicted octanol–water partition coefficient (Wildman–Crippen LogP) is 2.59. The van der Waals surface area contributed by atoms with E-state index in [1.54, 1.807) is 0 Å². The van der Waals surface area contributed by atoms with Crippen LogP contribution in [-0.4, -0.2) is 18.4 Å². The Kier molecular flexibility index (Phi) is 5.77. The van der Waals surface area contributed by atoms with Crippen LogP contribution in [0, 0.1) is 11.8 Å². The van der Waals surface area contributed by atoms with Gasteiger partial charge in [-0.3, -0.25) is 4.79 Å². The molecule has 0 aromatic heterocycles. The van der Waals surface area contributed by atoms with Gasteiger partial charge in [-0.05, 0) is 13.8 Å². The molecule has 3 heteroatoms. The molecular weight excluding hydrogens is 180 g/mol. The second-order valence-electron chi connectivity index (χ2n) is 4.39. The first kappa shape index (κ1) is 13.4. The number of carbonyl (C=O) groups excluding carboxylic acids is 1. The van der Waals surface area contributed by atoms with Gasteiger partial charge < -0.3 is 9.47 Å². The van der Waals surface area contributed by atoms with Crippen molar-refractivity contribution in [1.29, 1.82) is 0 Å². The Morgan fingerprint density at radius 1 is 1.00 bits per heavy atom. The van der Waals surface area contributed by atoms with Gasteiger partial charge in [0.2, 0.25) is 6.29 Å². The fraction of sp³-hybridized carbons (Fsp3) is 0.909. The van der Waals surface area contributed by atoms with Gasteiger partial charge in [0.1, 0.15) is 0 Å². The Morgan fingerprint density at radius 3 is 1.79 bits per heavy atom. The van der Waals surface area contributed by atoms with Crippen LogP contribution in [-0.2, 0) is 14.3 Å². The van der Waals surface area contributed by atoms with Crippen LogP contribution < -0.4 is 0 Å². The van der Waals surface area contributed by atoms with Crippen molar-refractivity contribution in [1.82, 2.24) is 0 Å². The molecule has 1 unspecified atom stereocenters. The second-order valence-corrected chi connectivity index (χ2v) is 4.39. The van der Waals surface area contributed by atoms with E-state index < -0.39 is 6.29 Å². The molecule has 0 aliphatic heterocycles. The van der Waals surface area contributed by atoms with Crippen molar-refractivity contribution >= 4 is 5.97 Å². The molecule has 0 amide bonds. The summed E-state index contributed by atoms with van der Waals surface area (Å²) in [4.78, 5) is 11.3. The van der Waals surface area contributed by atoms with Gasteiger partial charge in [0, 0.05) is 5.92 Å². The molecule has 0 N–H and O–H groups in total. The number of hydrogen-bond donors (Lipinski definition) is 0. The van der Waals surface area contributed by atoms with Gasteiger partial charge >= 0.3 is 5.97 Å². The molecule has 0 bridgehead atoms. The van der Waals surface area contributed by atoms with Gasteiger partial charge in [-0.1, -0.05) is 27.7 Å². The fourth-order valence-corrected chi connectivity index (χ4v) is 0.840. The smallest absolute Gasteiger partial charge is 0.310 e. The number of ether oxygens (including phenoxy) is 2. The van der Waals surface area contributed by atoms with E-state index in [9.17, 15) is 4.79 Å². The molecule has 84 valence electrons. The van der Waals surface area contributed by atoms with Gasteiger partial charge in [-0.2, -0.15) is 0 Å². The largest absolute Gasteiger partial charge is 0.435 e. The Bertz CT molecular complexity index is 173. The molecule has 3 nitrogen and oxygen atoms in total. The van der Waals surface area contributed by atoms with Crippen LogP contribution in [0.25, 0.3) is 0 Å². The van der Waals surface area contributed by atoms with Crippen LogP contribution in [0.15, 0.2) is 0 Å². The summed E-state index contributed by atoms with van der Waals surface area (Å²) in [5.74, 6) is -0.128. The molecule has 0 aromatic rings. The Hall–Kier alpha value is -0.570. The highest BCUT2D eigenvalue weighted by atomic mass is 16.7. The number of esters is 1. The maximum Gasteiger partial charge on any atom is 0.310 e. The van der Waals surface area contributed by atoms with Crippen molar-refractivity contribution in [3.8, 4) is 0 Å². The zero-order chi connectivity index (χ0) is 11.3. The minimum Gasteiger partial charge on any atom is -0.435 e. The fourth-order valence-electron chi connectivity index (χ4n) is 0.840. The molecule has 0 aliphatic carbocycles. The lowest BCUT2D eigenvalue weighted by atomic mass is 10.2. The Labute approximate surface area is 86.8 Å². The van der Waals surface area contributed by atoms with E-state index in [0.717, 1.165) is 0 Å². The van der Waals surface area contributed by atoms with E-state index in [0.29, 0.717) is 0 Å². The van der Waals surface area contributed by atoms with Gasteiger partial charge in [0.05, 0.1) is 12.0 Å². The summed E-state index contributed by atoms with van der Waals surface area (Å²) in [5, 5.41) is 0. The molecule has 0 aromatic carbocycles. The number of rotatable bonds is 5. The summed E-state index contributed by atoms with van der Waals surface area (Å²) in [7, 11) is 0. The lowest BCUT2D eigenvalue weighted by Crippen LogP contribution is -2.30. The first-order valence-corrected chi connectivity index (χ1v) is 5.20. The molecule has 0 spiro atoms. The minimum atomic E-state index is -0.426. The van der Waals surface area contributed by atoms with Crippen molar-refractivity contribution in [3.63, 3.8) is 0 Å². The summed E-state index contributed by atoms with van der Waals surface area (Å²) in [6.45, 7) is 11.4. The third kappa shape index (κ3) is 5.22. The molecular formula is C11H22O3. The van der Waals surface area contributed by atoms with Crippen LogP contribution in [0.3, 0.4) is 0 Å². The summed E-state index contributed by atoms with van der Waals surface area (Å²) in [6.07, 6.45) is -0.354. The van der Waals surface area contributed by atoms with Crippen molar-refractivity contribution in [2.45, 2.75) is 53.9 Å². The predicted molar refractivity (Wildman–Crippen MR) is 55.8 cm³/mol. The zero-order valence-corrected chi connectivity index (χ0v) is 10.0. The molecule has 1 atom stereocenters. The topological polar surface area (TPSA) is 35.5 Å². The maximum atomic E-state index is 11.3. The highest BCUT2D eigenvalue weighted by molar-refractivity contribution is 5.71. The van der Waals surface area contributed by atoms with E-state index in [2.05, 4.69) is 0 Å². The van der Waals surface area contributed by atoms with Crippen molar-refractivity contribution in [2.75, 3.05) is 0 Å². The van der Waals surface area contributed by atoms with E-state index in [4.69, 9.17) is 9.47 Å². The molecule has 0 rings (SSSR count). The standard InChI is InChI=1S/C11H22O3/c1-7(2)10(12)14-11(8(3)4)13-9(5)6/h7-9,11H,1-6H3. The number of carbonyl (C=O) groups is 1. The minimum absolute atomic E-state index is 0.0716. The van der Waals surface area contributed by atoms with E-state index in [1.165, 1.54) is 0 Å². The molecule has 0 saturated carbocycles. The van der Waals surface area contributed by atoms with E-state index in [1.807, 2.05) is 41.5 Å². The average Bonchev–Trinajstić information content (AvgIpc) is 2.01.